The van der Waals surface area contributed by atoms with Gasteiger partial charge in [0, 0.05) is 6.42 Å². The summed E-state index contributed by atoms with van der Waals surface area (Å²) in [7, 11) is 0. The Morgan fingerprint density at radius 3 is 2.50 bits per heavy atom. The van der Waals surface area contributed by atoms with Crippen molar-refractivity contribution in [2.45, 2.75) is 51.2 Å². The normalized spacial score (nSPS) is 36.3. The van der Waals surface area contributed by atoms with Gasteiger partial charge >= 0.3 is 6.18 Å². The molecule has 0 aromatic carbocycles. The van der Waals surface area contributed by atoms with Crippen LogP contribution < -0.4 is 4.90 Å². The number of nitriles is 1. The molecule has 1 aromatic heterocycles. The molecule has 0 spiro atoms. The topological polar surface area (TPSA) is 104 Å². The lowest BCUT2D eigenvalue weighted by atomic mass is 9.67. The van der Waals surface area contributed by atoms with E-state index in [1.54, 1.807) is 6.92 Å². The van der Waals surface area contributed by atoms with E-state index in [1.165, 1.54) is 13.0 Å². The molecule has 5 atom stereocenters. The summed E-state index contributed by atoms with van der Waals surface area (Å²) in [5.74, 6) is -3.33. The van der Waals surface area contributed by atoms with Gasteiger partial charge in [-0.3, -0.25) is 9.59 Å². The van der Waals surface area contributed by atoms with Gasteiger partial charge in [-0.05, 0) is 19.9 Å². The second kappa shape index (κ2) is 5.75. The number of aliphatic hydroxyl groups excluding tert-OH is 1. The first-order chi connectivity index (χ1) is 12.4. The molecule has 0 aliphatic carbocycles. The van der Waals surface area contributed by atoms with E-state index in [9.17, 15) is 27.9 Å². The molecule has 7 nitrogen and oxygen atoms in total. The highest BCUT2D eigenvalue weighted by atomic mass is 19.4. The zero-order valence-electron chi connectivity index (χ0n) is 14.2. The average molecular weight is 397 g/mol. The van der Waals surface area contributed by atoms with E-state index < -0.39 is 58.4 Å². The van der Waals surface area contributed by atoms with Crippen LogP contribution in [-0.2, 0) is 20.5 Å². The van der Waals surface area contributed by atoms with Crippen molar-refractivity contribution in [2.24, 2.45) is 11.8 Å². The quantitative estimate of drug-likeness (QED) is 0.728. The Morgan fingerprint density at radius 2 is 1.93 bits per heavy atom. The number of aromatic nitrogens is 1. The first-order valence-electron chi connectivity index (χ1n) is 8.17. The van der Waals surface area contributed by atoms with Gasteiger partial charge in [0.05, 0.1) is 41.0 Å². The summed E-state index contributed by atoms with van der Waals surface area (Å²) in [4.78, 5) is 30.0. The van der Waals surface area contributed by atoms with Gasteiger partial charge in [0.1, 0.15) is 11.7 Å². The predicted molar refractivity (Wildman–Crippen MR) is 88.7 cm³/mol. The lowest BCUT2D eigenvalue weighted by molar-refractivity contribution is -0.138. The Kier molecular flexibility index (Phi) is 4.15. The fraction of sp³-hybridized carbons (Fsp3) is 0.556. The smallest absolute Gasteiger partial charge is 0.390 e. The van der Waals surface area contributed by atoms with Crippen molar-refractivity contribution >= 4 is 17.5 Å². The molecular weight excluding hydrogens is 379 g/mol. The number of amides is 2. The number of anilines is 1. The van der Waals surface area contributed by atoms with Crippen LogP contribution in [0.4, 0.5) is 18.9 Å². The first kappa shape index (κ1) is 20.2. The summed E-state index contributed by atoms with van der Waals surface area (Å²) < 4.78 is 45.4. The minimum absolute atomic E-state index is 0. The van der Waals surface area contributed by atoms with Crippen LogP contribution in [0.3, 0.4) is 0 Å². The zero-order valence-corrected chi connectivity index (χ0v) is 14.2. The van der Waals surface area contributed by atoms with Gasteiger partial charge in [-0.25, -0.2) is 9.88 Å². The van der Waals surface area contributed by atoms with Gasteiger partial charge in [-0.1, -0.05) is 7.43 Å². The highest BCUT2D eigenvalue weighted by molar-refractivity contribution is 6.23. The Bertz CT molecular complexity index is 928. The van der Waals surface area contributed by atoms with Crippen LogP contribution in [0.1, 0.15) is 39.0 Å². The van der Waals surface area contributed by atoms with Crippen molar-refractivity contribution < 1.29 is 32.6 Å². The number of hydrogen-bond acceptors (Lipinski definition) is 6. The van der Waals surface area contributed by atoms with E-state index in [1.807, 2.05) is 0 Å². The number of hydrogen-bond donors (Lipinski definition) is 1. The SMILES string of the molecule is C.C[C@@]12O[C@@](C)(C[C@H]1O)[C@H]1C(=O)N(c3cnc(C#N)c(C(F)(F)F)c3)C(=O)[C@H]12. The highest BCUT2D eigenvalue weighted by Crippen LogP contribution is 2.61. The summed E-state index contributed by atoms with van der Waals surface area (Å²) in [6.45, 7) is 3.14. The summed E-state index contributed by atoms with van der Waals surface area (Å²) in [6.07, 6.45) is -4.79. The van der Waals surface area contributed by atoms with Gasteiger partial charge in [-0.15, -0.1) is 0 Å². The minimum Gasteiger partial charge on any atom is -0.390 e. The van der Waals surface area contributed by atoms with Crippen LogP contribution in [0.15, 0.2) is 12.3 Å². The molecule has 28 heavy (non-hydrogen) atoms. The average Bonchev–Trinajstić information content (AvgIpc) is 3.07. The number of pyridine rings is 1. The molecule has 0 unspecified atom stereocenters. The molecule has 3 fully saturated rings. The number of rotatable bonds is 1. The fourth-order valence-electron chi connectivity index (χ4n) is 4.66. The number of alkyl halides is 3. The monoisotopic (exact) mass is 397 g/mol. The Labute approximate surface area is 158 Å². The highest BCUT2D eigenvalue weighted by Gasteiger charge is 2.75. The molecule has 0 radical (unpaired) electrons. The second-order valence-electron chi connectivity index (χ2n) is 7.48. The molecule has 0 saturated carbocycles. The van der Waals surface area contributed by atoms with Crippen LogP contribution in [0, 0.1) is 23.2 Å². The maximum absolute atomic E-state index is 13.2. The van der Waals surface area contributed by atoms with Gasteiger partial charge in [0.25, 0.3) is 0 Å². The molecule has 1 aromatic rings. The zero-order chi connectivity index (χ0) is 19.9. The van der Waals surface area contributed by atoms with Gasteiger partial charge in [-0.2, -0.15) is 18.4 Å². The standard InChI is InChI=1S/C17H14F3N3O4.CH4/c1-15-4-10(24)16(2,27-15)12-11(15)13(25)23(14(12)26)7-3-8(17(18,19)20)9(5-21)22-6-7;/h3,6,10-12,24H,4H2,1-2H3;1H4/t10-,11-,12+,15+,16-;/m1./s1. The van der Waals surface area contributed by atoms with Crippen molar-refractivity contribution in [2.75, 3.05) is 4.90 Å². The van der Waals surface area contributed by atoms with Crippen LogP contribution in [-0.4, -0.2) is 39.2 Å². The lowest BCUT2D eigenvalue weighted by Crippen LogP contribution is -2.49. The Hall–Kier alpha value is -2.51. The molecule has 3 aliphatic heterocycles. The lowest BCUT2D eigenvalue weighted by Gasteiger charge is -2.31. The number of fused-ring (bicyclic) bond motifs is 5. The number of aliphatic hydroxyl groups is 1. The van der Waals surface area contributed by atoms with Gasteiger partial charge in [0.15, 0.2) is 5.69 Å². The van der Waals surface area contributed by atoms with E-state index in [0.29, 0.717) is 11.0 Å². The molecular formula is C18H18F3N3O4. The number of halogens is 3. The first-order valence-corrected chi connectivity index (χ1v) is 8.17. The summed E-state index contributed by atoms with van der Waals surface area (Å²) in [6, 6.07) is 1.93. The van der Waals surface area contributed by atoms with Crippen molar-refractivity contribution in [1.29, 1.82) is 5.26 Å². The number of nitrogens with zero attached hydrogens (tertiary/aromatic N) is 3. The molecule has 1 N–H and O–H groups in total. The summed E-state index contributed by atoms with van der Waals surface area (Å²) in [5, 5.41) is 19.1. The molecule has 10 heteroatoms. The van der Waals surface area contributed by atoms with Crippen molar-refractivity contribution in [3.63, 3.8) is 0 Å². The van der Waals surface area contributed by atoms with E-state index in [4.69, 9.17) is 10.00 Å². The molecule has 4 rings (SSSR count). The third kappa shape index (κ3) is 2.32. The van der Waals surface area contributed by atoms with E-state index in [2.05, 4.69) is 4.98 Å². The van der Waals surface area contributed by atoms with Gasteiger partial charge < -0.3 is 9.84 Å². The number of imide groups is 1. The van der Waals surface area contributed by atoms with E-state index in [-0.39, 0.29) is 19.5 Å². The fourth-order valence-corrected chi connectivity index (χ4v) is 4.66. The van der Waals surface area contributed by atoms with Crippen molar-refractivity contribution in [1.82, 2.24) is 4.98 Å². The molecule has 2 amide bonds. The molecule has 3 saturated heterocycles. The third-order valence-corrected chi connectivity index (χ3v) is 5.84. The molecule has 3 aliphatic rings. The molecule has 150 valence electrons. The van der Waals surface area contributed by atoms with E-state index >= 15 is 0 Å². The summed E-state index contributed by atoms with van der Waals surface area (Å²) >= 11 is 0. The molecule has 4 heterocycles. The molecule has 2 bridgehead atoms. The van der Waals surface area contributed by atoms with Crippen molar-refractivity contribution in [3.05, 3.63) is 23.5 Å². The summed E-state index contributed by atoms with van der Waals surface area (Å²) in [5.41, 5.74) is -4.88. The van der Waals surface area contributed by atoms with Crippen LogP contribution in [0.2, 0.25) is 0 Å². The van der Waals surface area contributed by atoms with Gasteiger partial charge in [0.2, 0.25) is 11.8 Å². The Balaban J connectivity index is 0.00000225. The third-order valence-electron chi connectivity index (χ3n) is 5.84. The maximum atomic E-state index is 13.2. The predicted octanol–water partition coefficient (Wildman–Crippen LogP) is 2.03. The Morgan fingerprint density at radius 1 is 1.32 bits per heavy atom. The largest absolute Gasteiger partial charge is 0.419 e. The maximum Gasteiger partial charge on any atom is 0.419 e. The number of ether oxygens (including phenoxy) is 1. The number of carbonyl (C=O) groups excluding carboxylic acids is 2. The van der Waals surface area contributed by atoms with E-state index in [0.717, 1.165) is 6.20 Å². The van der Waals surface area contributed by atoms with Crippen LogP contribution in [0.5, 0.6) is 0 Å². The minimum atomic E-state index is -4.87. The van der Waals surface area contributed by atoms with Crippen LogP contribution >= 0.6 is 0 Å². The number of carbonyl (C=O) groups is 2. The van der Waals surface area contributed by atoms with Crippen molar-refractivity contribution in [3.8, 4) is 6.07 Å². The van der Waals surface area contributed by atoms with Crippen LogP contribution in [0.25, 0.3) is 0 Å². The second-order valence-corrected chi connectivity index (χ2v) is 7.48.